The lowest BCUT2D eigenvalue weighted by Gasteiger charge is -2.30. The molecule has 10 aromatic rings. The van der Waals surface area contributed by atoms with Gasteiger partial charge in [-0.3, -0.25) is 0 Å². The Hall–Kier alpha value is -6.90. The number of hydrogen-bond acceptors (Lipinski definition) is 2. The van der Waals surface area contributed by atoms with Crippen LogP contribution in [-0.4, -0.2) is 0 Å². The lowest BCUT2D eigenvalue weighted by molar-refractivity contribution is 0.660. The molecule has 1 aromatic heterocycles. The van der Waals surface area contributed by atoms with Gasteiger partial charge in [-0.1, -0.05) is 153 Å². The van der Waals surface area contributed by atoms with Crippen molar-refractivity contribution in [1.29, 1.82) is 0 Å². The number of hydrogen-bond donors (Lipinski definition) is 0. The van der Waals surface area contributed by atoms with Gasteiger partial charge in [-0.05, 0) is 109 Å². The molecule has 0 amide bonds. The lowest BCUT2D eigenvalue weighted by Crippen LogP contribution is -2.17. The van der Waals surface area contributed by atoms with E-state index in [1.807, 2.05) is 6.07 Å². The van der Waals surface area contributed by atoms with E-state index in [-0.39, 0.29) is 5.41 Å². The fraction of sp³-hybridized carbons (Fsp3) is 0.0566. The molecule has 0 saturated carbocycles. The highest BCUT2D eigenvalue weighted by atomic mass is 16.3. The maximum Gasteiger partial charge on any atom is 0.135 e. The second-order valence-electron chi connectivity index (χ2n) is 15.3. The highest BCUT2D eigenvalue weighted by Crippen LogP contribution is 2.52. The Labute approximate surface area is 320 Å². The Bertz CT molecular complexity index is 3130. The highest BCUT2D eigenvalue weighted by Gasteiger charge is 2.36. The first kappa shape index (κ1) is 31.6. The number of fused-ring (bicyclic) bond motifs is 9. The van der Waals surface area contributed by atoms with Crippen molar-refractivity contribution in [3.8, 4) is 33.4 Å². The first-order valence-corrected chi connectivity index (χ1v) is 19.1. The zero-order valence-corrected chi connectivity index (χ0v) is 30.8. The quantitative estimate of drug-likeness (QED) is 0.166. The van der Waals surface area contributed by atoms with Crippen molar-refractivity contribution in [2.75, 3.05) is 4.90 Å². The number of nitrogens with zero attached hydrogens (tertiary/aromatic N) is 1. The molecule has 0 N–H and O–H groups in total. The van der Waals surface area contributed by atoms with Gasteiger partial charge in [0.25, 0.3) is 0 Å². The predicted molar refractivity (Wildman–Crippen MR) is 232 cm³/mol. The molecule has 0 unspecified atom stereocenters. The smallest absolute Gasteiger partial charge is 0.135 e. The summed E-state index contributed by atoms with van der Waals surface area (Å²) >= 11 is 0. The minimum absolute atomic E-state index is 0.146. The van der Waals surface area contributed by atoms with E-state index in [0.717, 1.165) is 44.6 Å². The van der Waals surface area contributed by atoms with Crippen LogP contribution in [0.2, 0.25) is 0 Å². The van der Waals surface area contributed by atoms with Crippen LogP contribution in [0.1, 0.15) is 25.0 Å². The molecule has 0 aliphatic heterocycles. The summed E-state index contributed by atoms with van der Waals surface area (Å²) in [5, 5.41) is 7.23. The number of rotatable bonds is 5. The van der Waals surface area contributed by atoms with Gasteiger partial charge in [-0.2, -0.15) is 0 Å². The van der Waals surface area contributed by atoms with Gasteiger partial charge in [-0.25, -0.2) is 0 Å². The minimum atomic E-state index is -0.146. The Balaban J connectivity index is 1.21. The van der Waals surface area contributed by atoms with Gasteiger partial charge < -0.3 is 9.32 Å². The average molecular weight is 704 g/mol. The van der Waals surface area contributed by atoms with E-state index in [1.165, 1.54) is 60.5 Å². The van der Waals surface area contributed by atoms with Crippen molar-refractivity contribution < 1.29 is 4.42 Å². The van der Waals surface area contributed by atoms with Crippen molar-refractivity contribution >= 4 is 60.5 Å². The fourth-order valence-corrected chi connectivity index (χ4v) is 9.15. The van der Waals surface area contributed by atoms with Crippen molar-refractivity contribution in [3.05, 3.63) is 199 Å². The average Bonchev–Trinajstić information content (AvgIpc) is 3.72. The summed E-state index contributed by atoms with van der Waals surface area (Å²) in [5.41, 5.74) is 15.0. The van der Waals surface area contributed by atoms with Crippen molar-refractivity contribution in [3.63, 3.8) is 0 Å². The molecule has 0 fully saturated rings. The monoisotopic (exact) mass is 703 g/mol. The van der Waals surface area contributed by atoms with Crippen LogP contribution < -0.4 is 4.90 Å². The molecule has 0 atom stereocenters. The Morgan fingerprint density at radius 2 is 1.02 bits per heavy atom. The van der Waals surface area contributed by atoms with Crippen molar-refractivity contribution in [2.24, 2.45) is 0 Å². The van der Waals surface area contributed by atoms with Crippen LogP contribution in [0.25, 0.3) is 76.9 Å². The molecular formula is C53H37NO. The third-order valence-corrected chi connectivity index (χ3v) is 11.8. The number of benzene rings is 9. The zero-order chi connectivity index (χ0) is 36.7. The summed E-state index contributed by atoms with van der Waals surface area (Å²) in [4.78, 5) is 2.47. The molecule has 11 rings (SSSR count). The summed E-state index contributed by atoms with van der Waals surface area (Å²) in [6.45, 7) is 4.71. The van der Waals surface area contributed by atoms with E-state index < -0.39 is 0 Å². The van der Waals surface area contributed by atoms with Crippen LogP contribution in [0.3, 0.4) is 0 Å². The summed E-state index contributed by atoms with van der Waals surface area (Å²) in [6, 6.07) is 68.7. The number of anilines is 3. The Kier molecular flexibility index (Phi) is 6.93. The molecule has 2 nitrogen and oxygen atoms in total. The summed E-state index contributed by atoms with van der Waals surface area (Å²) < 4.78 is 6.35. The maximum absolute atomic E-state index is 6.35. The van der Waals surface area contributed by atoms with Gasteiger partial charge in [-0.15, -0.1) is 0 Å². The lowest BCUT2D eigenvalue weighted by atomic mass is 9.82. The van der Waals surface area contributed by atoms with E-state index in [2.05, 4.69) is 201 Å². The van der Waals surface area contributed by atoms with Gasteiger partial charge in [0.05, 0.1) is 5.69 Å². The standard InChI is InChI=1S/C53H37NO/c1-53(2)48-22-12-10-20-43(48)44-28-25-38(33-49(44)53)54(37-26-29-52-47(32-37)45-21-11-13-23-51(45)55-52)50-31-36(24-27-40(50)34-14-4-3-5-15-34)46-30-35-16-6-7-17-39(35)41-18-8-9-19-42(41)46/h3-33H,1-2H3. The van der Waals surface area contributed by atoms with Crippen LogP contribution in [-0.2, 0) is 5.41 Å². The second kappa shape index (κ2) is 12.1. The molecule has 0 radical (unpaired) electrons. The molecule has 0 saturated heterocycles. The first-order valence-electron chi connectivity index (χ1n) is 19.1. The summed E-state index contributed by atoms with van der Waals surface area (Å²) in [7, 11) is 0. The molecule has 9 aromatic carbocycles. The van der Waals surface area contributed by atoms with E-state index >= 15 is 0 Å². The van der Waals surface area contributed by atoms with E-state index in [4.69, 9.17) is 4.42 Å². The van der Waals surface area contributed by atoms with Crippen LogP contribution >= 0.6 is 0 Å². The van der Waals surface area contributed by atoms with E-state index in [0.29, 0.717) is 0 Å². The minimum Gasteiger partial charge on any atom is -0.456 e. The normalized spacial score (nSPS) is 13.1. The van der Waals surface area contributed by atoms with Gasteiger partial charge in [0, 0.05) is 33.1 Å². The highest BCUT2D eigenvalue weighted by molar-refractivity contribution is 6.14. The second-order valence-corrected chi connectivity index (χ2v) is 15.3. The SMILES string of the molecule is CC1(C)c2ccccc2-c2ccc(N(c3ccc4oc5ccccc5c4c3)c3cc(-c4cc5ccccc5c5ccccc45)ccc3-c3ccccc3)cc21. The van der Waals surface area contributed by atoms with Gasteiger partial charge in [0.2, 0.25) is 0 Å². The molecule has 0 bridgehead atoms. The van der Waals surface area contributed by atoms with Crippen molar-refractivity contribution in [1.82, 2.24) is 0 Å². The summed E-state index contributed by atoms with van der Waals surface area (Å²) in [5.74, 6) is 0. The first-order chi connectivity index (χ1) is 27.0. The van der Waals surface area contributed by atoms with Gasteiger partial charge in [0.1, 0.15) is 11.2 Å². The van der Waals surface area contributed by atoms with Gasteiger partial charge in [0.15, 0.2) is 0 Å². The topological polar surface area (TPSA) is 16.4 Å². The molecule has 1 heterocycles. The third-order valence-electron chi connectivity index (χ3n) is 11.8. The Morgan fingerprint density at radius 1 is 0.382 bits per heavy atom. The van der Waals surface area contributed by atoms with Crippen LogP contribution in [0.5, 0.6) is 0 Å². The van der Waals surface area contributed by atoms with Crippen LogP contribution in [0.15, 0.2) is 192 Å². The molecule has 1 aliphatic carbocycles. The Morgan fingerprint density at radius 3 is 1.89 bits per heavy atom. The largest absolute Gasteiger partial charge is 0.456 e. The van der Waals surface area contributed by atoms with Gasteiger partial charge >= 0.3 is 0 Å². The molecule has 2 heteroatoms. The molecule has 55 heavy (non-hydrogen) atoms. The van der Waals surface area contributed by atoms with Crippen molar-refractivity contribution in [2.45, 2.75) is 19.3 Å². The molecular weight excluding hydrogens is 667 g/mol. The zero-order valence-electron chi connectivity index (χ0n) is 30.8. The van der Waals surface area contributed by atoms with E-state index in [1.54, 1.807) is 0 Å². The molecule has 1 aliphatic rings. The summed E-state index contributed by atoms with van der Waals surface area (Å²) in [6.07, 6.45) is 0. The molecule has 260 valence electrons. The predicted octanol–water partition coefficient (Wildman–Crippen LogP) is 15.0. The van der Waals surface area contributed by atoms with Crippen LogP contribution in [0, 0.1) is 0 Å². The van der Waals surface area contributed by atoms with Crippen LogP contribution in [0.4, 0.5) is 17.1 Å². The number of furan rings is 1. The van der Waals surface area contributed by atoms with E-state index in [9.17, 15) is 0 Å². The fourth-order valence-electron chi connectivity index (χ4n) is 9.15. The maximum atomic E-state index is 6.35. The number of para-hydroxylation sites is 1. The third kappa shape index (κ3) is 4.88. The molecule has 0 spiro atoms.